The van der Waals surface area contributed by atoms with Crippen LogP contribution in [0.3, 0.4) is 0 Å². The Hall–Kier alpha value is -0.0800. The molecule has 1 aliphatic rings. The maximum absolute atomic E-state index is 5.54. The van der Waals surface area contributed by atoms with Gasteiger partial charge in [-0.1, -0.05) is 0 Å². The van der Waals surface area contributed by atoms with Gasteiger partial charge in [0.2, 0.25) is 0 Å². The Kier molecular flexibility index (Phi) is 1.30. The molecule has 1 radical (unpaired) electrons. The van der Waals surface area contributed by atoms with Crippen LogP contribution < -0.4 is 11.1 Å². The molecule has 2 N–H and O–H groups in total. The van der Waals surface area contributed by atoms with E-state index in [0.29, 0.717) is 12.0 Å². The minimum absolute atomic E-state index is 0.359. The molecule has 41 valence electrons. The van der Waals surface area contributed by atoms with E-state index in [9.17, 15) is 0 Å². The molecular weight excluding hydrogens is 88.1 g/mol. The molecule has 0 aromatic carbocycles. The van der Waals surface area contributed by atoms with E-state index in [4.69, 9.17) is 5.73 Å². The SMILES string of the molecule is CC(N)C1C[N]C1. The van der Waals surface area contributed by atoms with Gasteiger partial charge in [-0.05, 0) is 6.92 Å². The van der Waals surface area contributed by atoms with Crippen molar-refractivity contribution in [1.82, 2.24) is 5.32 Å². The molecule has 0 spiro atoms. The number of nitrogens with zero attached hydrogens (tertiary/aromatic N) is 1. The van der Waals surface area contributed by atoms with E-state index in [-0.39, 0.29) is 0 Å². The van der Waals surface area contributed by atoms with Crippen LogP contribution in [0.2, 0.25) is 0 Å². The molecule has 0 saturated carbocycles. The Bertz CT molecular complexity index is 57.1. The Balaban J connectivity index is 2.14. The average Bonchev–Trinajstić information content (AvgIpc) is 1.23. The second-order valence-electron chi connectivity index (χ2n) is 2.21. The van der Waals surface area contributed by atoms with Gasteiger partial charge < -0.3 is 5.73 Å². The third-order valence-corrected chi connectivity index (χ3v) is 1.47. The highest BCUT2D eigenvalue weighted by Gasteiger charge is 2.21. The van der Waals surface area contributed by atoms with Gasteiger partial charge in [-0.3, -0.25) is 0 Å². The third kappa shape index (κ3) is 0.924. The Morgan fingerprint density at radius 2 is 2.29 bits per heavy atom. The predicted octanol–water partition coefficient (Wildman–Crippen LogP) is -0.432. The topological polar surface area (TPSA) is 40.1 Å². The van der Waals surface area contributed by atoms with Gasteiger partial charge in [0.1, 0.15) is 0 Å². The van der Waals surface area contributed by atoms with Crippen LogP contribution in [-0.2, 0) is 0 Å². The third-order valence-electron chi connectivity index (χ3n) is 1.47. The van der Waals surface area contributed by atoms with Gasteiger partial charge in [0, 0.05) is 25.0 Å². The van der Waals surface area contributed by atoms with Crippen molar-refractivity contribution in [3.63, 3.8) is 0 Å². The van der Waals surface area contributed by atoms with Crippen molar-refractivity contribution < 1.29 is 0 Å². The summed E-state index contributed by atoms with van der Waals surface area (Å²) in [6.45, 7) is 4.04. The van der Waals surface area contributed by atoms with Crippen molar-refractivity contribution in [3.8, 4) is 0 Å². The van der Waals surface area contributed by atoms with E-state index < -0.39 is 0 Å². The normalized spacial score (nSPS) is 26.6. The first-order chi connectivity index (χ1) is 3.30. The molecule has 0 aromatic rings. The van der Waals surface area contributed by atoms with Gasteiger partial charge in [-0.2, -0.15) is 0 Å². The van der Waals surface area contributed by atoms with Crippen molar-refractivity contribution in [1.29, 1.82) is 0 Å². The first-order valence-electron chi connectivity index (χ1n) is 2.69. The maximum atomic E-state index is 5.54. The van der Waals surface area contributed by atoms with Gasteiger partial charge in [0.05, 0.1) is 0 Å². The fraction of sp³-hybridized carbons (Fsp3) is 1.00. The monoisotopic (exact) mass is 99.1 g/mol. The molecule has 0 bridgehead atoms. The molecule has 7 heavy (non-hydrogen) atoms. The molecule has 0 amide bonds. The molecule has 1 aliphatic heterocycles. The molecule has 1 saturated heterocycles. The quantitative estimate of drug-likeness (QED) is 0.476. The largest absolute Gasteiger partial charge is 0.328 e. The lowest BCUT2D eigenvalue weighted by atomic mass is 9.96. The summed E-state index contributed by atoms with van der Waals surface area (Å²) < 4.78 is 0. The smallest absolute Gasteiger partial charge is 0.0189 e. The van der Waals surface area contributed by atoms with Crippen molar-refractivity contribution in [3.05, 3.63) is 0 Å². The highest BCUT2D eigenvalue weighted by atomic mass is 15.0. The van der Waals surface area contributed by atoms with E-state index in [1.807, 2.05) is 6.92 Å². The average molecular weight is 99.2 g/mol. The highest BCUT2D eigenvalue weighted by molar-refractivity contribution is 4.80. The van der Waals surface area contributed by atoms with Crippen molar-refractivity contribution in [2.24, 2.45) is 11.7 Å². The van der Waals surface area contributed by atoms with Crippen LogP contribution in [0.15, 0.2) is 0 Å². The van der Waals surface area contributed by atoms with Crippen LogP contribution in [0.1, 0.15) is 6.92 Å². The number of hydrogen-bond donors (Lipinski definition) is 1. The summed E-state index contributed by atoms with van der Waals surface area (Å²) in [5.74, 6) is 0.694. The number of hydrogen-bond acceptors (Lipinski definition) is 1. The van der Waals surface area contributed by atoms with Crippen molar-refractivity contribution in [2.45, 2.75) is 13.0 Å². The van der Waals surface area contributed by atoms with Crippen LogP contribution in [0.5, 0.6) is 0 Å². The second-order valence-corrected chi connectivity index (χ2v) is 2.21. The van der Waals surface area contributed by atoms with E-state index >= 15 is 0 Å². The summed E-state index contributed by atoms with van der Waals surface area (Å²) in [4.78, 5) is 0. The van der Waals surface area contributed by atoms with Crippen LogP contribution in [0, 0.1) is 5.92 Å². The van der Waals surface area contributed by atoms with Crippen molar-refractivity contribution in [2.75, 3.05) is 13.1 Å². The summed E-state index contributed by atoms with van der Waals surface area (Å²) >= 11 is 0. The van der Waals surface area contributed by atoms with E-state index in [1.165, 1.54) is 0 Å². The minimum atomic E-state index is 0.359. The molecule has 0 aromatic heterocycles. The summed E-state index contributed by atoms with van der Waals surface area (Å²) in [5.41, 5.74) is 5.54. The molecule has 1 heterocycles. The fourth-order valence-corrected chi connectivity index (χ4v) is 0.611. The lowest BCUT2D eigenvalue weighted by molar-refractivity contribution is 0.296. The summed E-state index contributed by atoms with van der Waals surface area (Å²) in [6, 6.07) is 0.359. The van der Waals surface area contributed by atoms with E-state index in [2.05, 4.69) is 5.32 Å². The van der Waals surface area contributed by atoms with E-state index in [1.54, 1.807) is 0 Å². The molecule has 1 unspecified atom stereocenters. The molecule has 0 aliphatic carbocycles. The number of rotatable bonds is 1. The zero-order valence-electron chi connectivity index (χ0n) is 4.59. The molecular formula is C5H11N2. The van der Waals surface area contributed by atoms with Gasteiger partial charge in [-0.15, -0.1) is 0 Å². The highest BCUT2D eigenvalue weighted by Crippen LogP contribution is 2.06. The van der Waals surface area contributed by atoms with Crippen LogP contribution in [0.25, 0.3) is 0 Å². The van der Waals surface area contributed by atoms with E-state index in [0.717, 1.165) is 13.1 Å². The Labute approximate surface area is 44.1 Å². The standard InChI is InChI=1S/C5H11N2/c1-4(6)5-2-7-3-5/h4-5H,2-3,6H2,1H3. The van der Waals surface area contributed by atoms with Gasteiger partial charge >= 0.3 is 0 Å². The first-order valence-corrected chi connectivity index (χ1v) is 2.69. The maximum Gasteiger partial charge on any atom is 0.0189 e. The number of nitrogens with two attached hydrogens (primary N) is 1. The summed E-state index contributed by atoms with van der Waals surface area (Å²) in [6.07, 6.45) is 0. The Morgan fingerprint density at radius 3 is 2.29 bits per heavy atom. The van der Waals surface area contributed by atoms with Gasteiger partial charge in [-0.25, -0.2) is 5.32 Å². The molecule has 2 heteroatoms. The van der Waals surface area contributed by atoms with Crippen molar-refractivity contribution >= 4 is 0 Å². The zero-order chi connectivity index (χ0) is 5.28. The summed E-state index contributed by atoms with van der Waals surface area (Å²) in [7, 11) is 0. The minimum Gasteiger partial charge on any atom is -0.328 e. The van der Waals surface area contributed by atoms with Crippen LogP contribution in [0.4, 0.5) is 0 Å². The molecule has 1 fully saturated rings. The van der Waals surface area contributed by atoms with Gasteiger partial charge in [0.25, 0.3) is 0 Å². The van der Waals surface area contributed by atoms with Crippen LogP contribution >= 0.6 is 0 Å². The summed E-state index contributed by atoms with van der Waals surface area (Å²) in [5, 5.41) is 4.04. The first kappa shape index (κ1) is 5.06. The predicted molar refractivity (Wildman–Crippen MR) is 29.0 cm³/mol. The fourth-order valence-electron chi connectivity index (χ4n) is 0.611. The lowest BCUT2D eigenvalue weighted by Crippen LogP contribution is -2.46. The Morgan fingerprint density at radius 1 is 1.71 bits per heavy atom. The molecule has 1 atom stereocenters. The second kappa shape index (κ2) is 1.80. The molecule has 2 nitrogen and oxygen atoms in total. The molecule has 1 rings (SSSR count). The zero-order valence-corrected chi connectivity index (χ0v) is 4.59. The van der Waals surface area contributed by atoms with Gasteiger partial charge in [0.15, 0.2) is 0 Å². The lowest BCUT2D eigenvalue weighted by Gasteiger charge is -2.28. The van der Waals surface area contributed by atoms with Crippen LogP contribution in [-0.4, -0.2) is 19.1 Å².